The molecular formula is C15H23N5O3. The summed E-state index contributed by atoms with van der Waals surface area (Å²) in [6.45, 7) is 6.03. The Balaban J connectivity index is 2.91. The molecule has 2 N–H and O–H groups in total. The van der Waals surface area contributed by atoms with E-state index in [2.05, 4.69) is 20.3 Å². The number of rotatable bonds is 8. The number of anilines is 1. The van der Waals surface area contributed by atoms with Crippen LogP contribution < -0.4 is 10.1 Å². The summed E-state index contributed by atoms with van der Waals surface area (Å²) in [5.41, 5.74) is 8.50. The topological polar surface area (TPSA) is 120 Å². The highest BCUT2D eigenvalue weighted by atomic mass is 16.5. The van der Waals surface area contributed by atoms with Gasteiger partial charge in [-0.25, -0.2) is 0 Å². The van der Waals surface area contributed by atoms with Crippen molar-refractivity contribution in [1.82, 2.24) is 4.98 Å². The van der Waals surface area contributed by atoms with Crippen LogP contribution in [0.3, 0.4) is 0 Å². The van der Waals surface area contributed by atoms with E-state index in [-0.39, 0.29) is 19.1 Å². The maximum Gasteiger partial charge on any atom is 0.230 e. The van der Waals surface area contributed by atoms with E-state index in [1.165, 1.54) is 0 Å². The number of nitrogens with one attached hydrogen (secondary N) is 1. The first-order valence-electron chi connectivity index (χ1n) is 7.44. The highest BCUT2D eigenvalue weighted by molar-refractivity contribution is 5.94. The van der Waals surface area contributed by atoms with Gasteiger partial charge in [0, 0.05) is 28.6 Å². The van der Waals surface area contributed by atoms with Gasteiger partial charge in [0.05, 0.1) is 13.2 Å². The molecule has 1 heterocycles. The number of hydrogen-bond donors (Lipinski definition) is 2. The lowest BCUT2D eigenvalue weighted by atomic mass is 9.95. The number of aliphatic hydroxyl groups excluding tert-OH is 1. The first-order valence-corrected chi connectivity index (χ1v) is 7.44. The zero-order valence-corrected chi connectivity index (χ0v) is 13.7. The molecular weight excluding hydrogens is 298 g/mol. The van der Waals surface area contributed by atoms with E-state index in [0.717, 1.165) is 0 Å². The minimum atomic E-state index is -0.574. The van der Waals surface area contributed by atoms with Crippen LogP contribution >= 0.6 is 0 Å². The molecule has 126 valence electrons. The molecule has 0 aliphatic carbocycles. The lowest BCUT2D eigenvalue weighted by Gasteiger charge is -2.19. The summed E-state index contributed by atoms with van der Waals surface area (Å²) in [4.78, 5) is 19.1. The van der Waals surface area contributed by atoms with Crippen LogP contribution in [0.5, 0.6) is 5.88 Å². The van der Waals surface area contributed by atoms with Crippen molar-refractivity contribution in [2.45, 2.75) is 40.2 Å². The summed E-state index contributed by atoms with van der Waals surface area (Å²) in [5, 5.41) is 15.0. The summed E-state index contributed by atoms with van der Waals surface area (Å²) in [5.74, 6) is 0.512. The molecule has 0 spiro atoms. The number of aliphatic hydroxyl groups is 1. The maximum atomic E-state index is 12.1. The second-order valence-corrected chi connectivity index (χ2v) is 6.03. The van der Waals surface area contributed by atoms with Gasteiger partial charge in [-0.05, 0) is 24.4 Å². The van der Waals surface area contributed by atoms with E-state index in [1.807, 2.05) is 0 Å². The van der Waals surface area contributed by atoms with Crippen molar-refractivity contribution >= 4 is 11.7 Å². The van der Waals surface area contributed by atoms with Crippen LogP contribution in [-0.4, -0.2) is 29.2 Å². The quantitative estimate of drug-likeness (QED) is 0.331. The van der Waals surface area contributed by atoms with E-state index in [1.54, 1.807) is 32.9 Å². The third kappa shape index (κ3) is 6.54. The van der Waals surface area contributed by atoms with Gasteiger partial charge in [-0.2, -0.15) is 4.98 Å². The molecule has 0 saturated carbocycles. The van der Waals surface area contributed by atoms with Gasteiger partial charge in [0.25, 0.3) is 0 Å². The zero-order valence-electron chi connectivity index (χ0n) is 13.7. The molecule has 0 aliphatic heterocycles. The van der Waals surface area contributed by atoms with Crippen LogP contribution in [0.1, 0.15) is 39.2 Å². The number of carbonyl (C=O) groups is 1. The molecule has 8 nitrogen and oxygen atoms in total. The number of pyridine rings is 1. The molecule has 23 heavy (non-hydrogen) atoms. The van der Waals surface area contributed by atoms with Gasteiger partial charge in [-0.1, -0.05) is 25.9 Å². The normalized spacial score (nSPS) is 10.8. The van der Waals surface area contributed by atoms with Crippen LogP contribution in [0, 0.1) is 5.41 Å². The fraction of sp³-hybridized carbons (Fsp3) is 0.600. The van der Waals surface area contributed by atoms with Gasteiger partial charge < -0.3 is 15.2 Å². The van der Waals surface area contributed by atoms with E-state index in [9.17, 15) is 4.79 Å². The molecule has 0 bridgehead atoms. The van der Waals surface area contributed by atoms with Crippen LogP contribution in [0.2, 0.25) is 0 Å². The molecule has 0 saturated heterocycles. The molecule has 0 atom stereocenters. The van der Waals surface area contributed by atoms with Gasteiger partial charge in [0.1, 0.15) is 5.82 Å². The number of nitrogens with zero attached hydrogens (tertiary/aromatic N) is 4. The first-order chi connectivity index (χ1) is 10.9. The summed E-state index contributed by atoms with van der Waals surface area (Å²) in [6, 6.07) is 3.37. The minimum absolute atomic E-state index is 0.0913. The highest BCUT2D eigenvalue weighted by Crippen LogP contribution is 2.22. The molecule has 1 rings (SSSR count). The smallest absolute Gasteiger partial charge is 0.230 e. The number of amides is 1. The lowest BCUT2D eigenvalue weighted by molar-refractivity contribution is -0.123. The molecule has 1 aromatic rings. The van der Waals surface area contributed by atoms with Crippen molar-refractivity contribution < 1.29 is 14.6 Å². The Morgan fingerprint density at radius 2 is 2.17 bits per heavy atom. The second-order valence-electron chi connectivity index (χ2n) is 6.03. The van der Waals surface area contributed by atoms with Crippen molar-refractivity contribution in [2.24, 2.45) is 10.5 Å². The standard InChI is InChI=1S/C15H23N5O3/c1-15(2,3)14(22)19-13-11(10-17-20-16)6-7-12(18-13)23-9-5-4-8-21/h6-7,21H,4-5,8-10H2,1-3H3,(H,18,19,22). The first kappa shape index (κ1) is 18.7. The Hall–Kier alpha value is -2.31. The van der Waals surface area contributed by atoms with Crippen molar-refractivity contribution in [2.75, 3.05) is 18.5 Å². The van der Waals surface area contributed by atoms with E-state index in [0.29, 0.717) is 36.7 Å². The number of aromatic nitrogens is 1. The van der Waals surface area contributed by atoms with Crippen LogP contribution in [-0.2, 0) is 11.3 Å². The van der Waals surface area contributed by atoms with Gasteiger partial charge in [0.15, 0.2) is 0 Å². The number of ether oxygens (including phenoxy) is 1. The van der Waals surface area contributed by atoms with Crippen LogP contribution in [0.25, 0.3) is 10.4 Å². The van der Waals surface area contributed by atoms with Crippen molar-refractivity contribution in [1.29, 1.82) is 0 Å². The molecule has 0 aromatic carbocycles. The second kappa shape index (κ2) is 8.97. The largest absolute Gasteiger partial charge is 0.478 e. The fourth-order valence-electron chi connectivity index (χ4n) is 1.58. The van der Waals surface area contributed by atoms with E-state index < -0.39 is 5.41 Å². The Bertz CT molecular complexity index is 577. The average molecular weight is 321 g/mol. The Kier molecular flexibility index (Phi) is 7.31. The summed E-state index contributed by atoms with van der Waals surface area (Å²) < 4.78 is 5.50. The van der Waals surface area contributed by atoms with Gasteiger partial charge in [-0.3, -0.25) is 4.79 Å². The molecule has 8 heteroatoms. The highest BCUT2D eigenvalue weighted by Gasteiger charge is 2.22. The summed E-state index contributed by atoms with van der Waals surface area (Å²) in [7, 11) is 0. The zero-order chi connectivity index (χ0) is 17.3. The molecule has 0 aliphatic rings. The van der Waals surface area contributed by atoms with Crippen LogP contribution in [0.4, 0.5) is 5.82 Å². The van der Waals surface area contributed by atoms with Crippen LogP contribution in [0.15, 0.2) is 17.2 Å². The molecule has 1 aromatic heterocycles. The maximum absolute atomic E-state index is 12.1. The molecule has 0 radical (unpaired) electrons. The molecule has 0 fully saturated rings. The number of hydrogen-bond acceptors (Lipinski definition) is 5. The van der Waals surface area contributed by atoms with E-state index in [4.69, 9.17) is 15.4 Å². The fourth-order valence-corrected chi connectivity index (χ4v) is 1.58. The monoisotopic (exact) mass is 321 g/mol. The molecule has 0 unspecified atom stereocenters. The van der Waals surface area contributed by atoms with Gasteiger partial charge in [0.2, 0.25) is 11.8 Å². The van der Waals surface area contributed by atoms with Gasteiger partial charge >= 0.3 is 0 Å². The van der Waals surface area contributed by atoms with Crippen molar-refractivity contribution in [3.8, 4) is 5.88 Å². The van der Waals surface area contributed by atoms with Gasteiger partial charge in [-0.15, -0.1) is 0 Å². The Morgan fingerprint density at radius 1 is 1.43 bits per heavy atom. The van der Waals surface area contributed by atoms with E-state index >= 15 is 0 Å². The Labute approximate surface area is 135 Å². The number of azide groups is 1. The summed E-state index contributed by atoms with van der Waals surface area (Å²) >= 11 is 0. The van der Waals surface area contributed by atoms with Crippen molar-refractivity contribution in [3.63, 3.8) is 0 Å². The number of unbranched alkanes of at least 4 members (excludes halogenated alkanes) is 1. The minimum Gasteiger partial charge on any atom is -0.478 e. The third-order valence-corrected chi connectivity index (χ3v) is 2.97. The Morgan fingerprint density at radius 3 is 2.78 bits per heavy atom. The third-order valence-electron chi connectivity index (χ3n) is 2.97. The lowest BCUT2D eigenvalue weighted by Crippen LogP contribution is -2.28. The number of carbonyl (C=O) groups excluding carboxylic acids is 1. The summed E-state index contributed by atoms with van der Waals surface area (Å²) in [6.07, 6.45) is 1.37. The predicted molar refractivity (Wildman–Crippen MR) is 87.0 cm³/mol. The average Bonchev–Trinajstić information content (AvgIpc) is 2.50. The SMILES string of the molecule is CC(C)(C)C(=O)Nc1nc(OCCCCO)ccc1CN=[N+]=[N-]. The predicted octanol–water partition coefficient (Wildman–Crippen LogP) is 3.03. The molecule has 1 amide bonds. The van der Waals surface area contributed by atoms with Crippen molar-refractivity contribution in [3.05, 3.63) is 28.1 Å².